The molecule has 0 spiro atoms. The summed E-state index contributed by atoms with van der Waals surface area (Å²) in [5, 5.41) is 9.04. The standard InChI is InChI=1S/C18H18FNO3/c19-17-6-5-15(18(21)22)11-16(17)14-3-1-13(2-4-14)12-20-7-9-23-10-8-20/h1-6,11H,7-10,12H2,(H,21,22). The Morgan fingerprint density at radius 1 is 1.13 bits per heavy atom. The number of carboxylic acid groups (broad SMARTS) is 1. The van der Waals surface area contributed by atoms with Gasteiger partial charge in [0.15, 0.2) is 0 Å². The zero-order valence-corrected chi connectivity index (χ0v) is 12.7. The Balaban J connectivity index is 1.79. The van der Waals surface area contributed by atoms with Crippen molar-refractivity contribution in [3.8, 4) is 11.1 Å². The molecule has 1 heterocycles. The van der Waals surface area contributed by atoms with Gasteiger partial charge >= 0.3 is 5.97 Å². The maximum atomic E-state index is 14.0. The van der Waals surface area contributed by atoms with E-state index in [-0.39, 0.29) is 5.56 Å². The average Bonchev–Trinajstić information content (AvgIpc) is 2.57. The Hall–Kier alpha value is -2.24. The number of hydrogen-bond acceptors (Lipinski definition) is 3. The number of morpholine rings is 1. The second-order valence-corrected chi connectivity index (χ2v) is 5.59. The predicted molar refractivity (Wildman–Crippen MR) is 84.9 cm³/mol. The van der Waals surface area contributed by atoms with Gasteiger partial charge in [0, 0.05) is 25.2 Å². The highest BCUT2D eigenvalue weighted by Crippen LogP contribution is 2.25. The fourth-order valence-corrected chi connectivity index (χ4v) is 2.69. The summed E-state index contributed by atoms with van der Waals surface area (Å²) in [6.45, 7) is 4.17. The summed E-state index contributed by atoms with van der Waals surface area (Å²) in [5.41, 5.74) is 2.21. The molecule has 1 fully saturated rings. The molecule has 0 amide bonds. The number of hydrogen-bond donors (Lipinski definition) is 1. The minimum Gasteiger partial charge on any atom is -0.478 e. The smallest absolute Gasteiger partial charge is 0.335 e. The first-order chi connectivity index (χ1) is 11.1. The third-order valence-electron chi connectivity index (χ3n) is 3.99. The lowest BCUT2D eigenvalue weighted by Gasteiger charge is -2.26. The number of rotatable bonds is 4. The van der Waals surface area contributed by atoms with Crippen LogP contribution in [0, 0.1) is 5.82 Å². The van der Waals surface area contributed by atoms with Crippen molar-refractivity contribution in [3.05, 3.63) is 59.4 Å². The molecule has 23 heavy (non-hydrogen) atoms. The minimum atomic E-state index is -1.06. The van der Waals surface area contributed by atoms with Crippen molar-refractivity contribution in [2.75, 3.05) is 26.3 Å². The first-order valence-corrected chi connectivity index (χ1v) is 7.56. The molecule has 0 aromatic heterocycles. The molecule has 0 bridgehead atoms. The van der Waals surface area contributed by atoms with Crippen LogP contribution in [0.15, 0.2) is 42.5 Å². The molecule has 1 saturated heterocycles. The number of ether oxygens (including phenoxy) is 1. The minimum absolute atomic E-state index is 0.0822. The monoisotopic (exact) mass is 315 g/mol. The van der Waals surface area contributed by atoms with E-state index in [0.717, 1.165) is 38.4 Å². The summed E-state index contributed by atoms with van der Waals surface area (Å²) in [6.07, 6.45) is 0. The Labute approximate surface area is 134 Å². The van der Waals surface area contributed by atoms with Crippen molar-refractivity contribution in [3.63, 3.8) is 0 Å². The van der Waals surface area contributed by atoms with Gasteiger partial charge in [-0.05, 0) is 29.3 Å². The molecule has 0 unspecified atom stereocenters. The third kappa shape index (κ3) is 3.75. The van der Waals surface area contributed by atoms with Gasteiger partial charge in [-0.15, -0.1) is 0 Å². The Morgan fingerprint density at radius 2 is 1.83 bits per heavy atom. The second-order valence-electron chi connectivity index (χ2n) is 5.59. The largest absolute Gasteiger partial charge is 0.478 e. The van der Waals surface area contributed by atoms with Crippen molar-refractivity contribution >= 4 is 5.97 Å². The van der Waals surface area contributed by atoms with Gasteiger partial charge in [0.1, 0.15) is 5.82 Å². The highest BCUT2D eigenvalue weighted by atomic mass is 19.1. The van der Waals surface area contributed by atoms with Crippen LogP contribution in [0.5, 0.6) is 0 Å². The fourth-order valence-electron chi connectivity index (χ4n) is 2.69. The number of carbonyl (C=O) groups is 1. The van der Waals surface area contributed by atoms with E-state index < -0.39 is 11.8 Å². The maximum Gasteiger partial charge on any atom is 0.335 e. The van der Waals surface area contributed by atoms with Crippen molar-refractivity contribution in [2.24, 2.45) is 0 Å². The molecule has 2 aromatic rings. The predicted octanol–water partition coefficient (Wildman–Crippen LogP) is 3.02. The van der Waals surface area contributed by atoms with Gasteiger partial charge in [0.25, 0.3) is 0 Å². The van der Waals surface area contributed by atoms with Gasteiger partial charge in [-0.3, -0.25) is 4.90 Å². The molecule has 1 N–H and O–H groups in total. The van der Waals surface area contributed by atoms with E-state index in [4.69, 9.17) is 9.84 Å². The summed E-state index contributed by atoms with van der Waals surface area (Å²) in [5.74, 6) is -1.48. The van der Waals surface area contributed by atoms with Crippen molar-refractivity contribution in [2.45, 2.75) is 6.54 Å². The van der Waals surface area contributed by atoms with Gasteiger partial charge in [-0.25, -0.2) is 9.18 Å². The van der Waals surface area contributed by atoms with Crippen LogP contribution in [0.2, 0.25) is 0 Å². The molecule has 0 radical (unpaired) electrons. The molecule has 0 aliphatic carbocycles. The first-order valence-electron chi connectivity index (χ1n) is 7.56. The number of aromatic carboxylic acids is 1. The number of carboxylic acids is 1. The van der Waals surface area contributed by atoms with Crippen LogP contribution in [0.3, 0.4) is 0 Å². The molecular formula is C18H18FNO3. The van der Waals surface area contributed by atoms with E-state index in [1.807, 2.05) is 24.3 Å². The lowest BCUT2D eigenvalue weighted by atomic mass is 10.0. The molecule has 4 nitrogen and oxygen atoms in total. The highest BCUT2D eigenvalue weighted by molar-refractivity contribution is 5.89. The molecule has 5 heteroatoms. The molecule has 120 valence electrons. The quantitative estimate of drug-likeness (QED) is 0.942. The lowest BCUT2D eigenvalue weighted by Crippen LogP contribution is -2.35. The van der Waals surface area contributed by atoms with Gasteiger partial charge in [-0.2, -0.15) is 0 Å². The normalized spacial score (nSPS) is 15.5. The SMILES string of the molecule is O=C(O)c1ccc(F)c(-c2ccc(CN3CCOCC3)cc2)c1. The summed E-state index contributed by atoms with van der Waals surface area (Å²) >= 11 is 0. The fraction of sp³-hybridized carbons (Fsp3) is 0.278. The average molecular weight is 315 g/mol. The van der Waals surface area contributed by atoms with E-state index >= 15 is 0 Å². The van der Waals surface area contributed by atoms with Gasteiger partial charge in [0.05, 0.1) is 18.8 Å². The summed E-state index contributed by atoms with van der Waals surface area (Å²) in [4.78, 5) is 13.3. The molecular weight excluding hydrogens is 297 g/mol. The zero-order chi connectivity index (χ0) is 16.2. The number of halogens is 1. The molecule has 3 rings (SSSR count). The maximum absolute atomic E-state index is 14.0. The van der Waals surface area contributed by atoms with Crippen molar-refractivity contribution in [1.29, 1.82) is 0 Å². The van der Waals surface area contributed by atoms with E-state index in [1.54, 1.807) is 0 Å². The van der Waals surface area contributed by atoms with Crippen molar-refractivity contribution < 1.29 is 19.0 Å². The van der Waals surface area contributed by atoms with Crippen LogP contribution in [-0.4, -0.2) is 42.3 Å². The highest BCUT2D eigenvalue weighted by Gasteiger charge is 2.12. The van der Waals surface area contributed by atoms with E-state index in [2.05, 4.69) is 4.90 Å². The van der Waals surface area contributed by atoms with Crippen LogP contribution in [0.4, 0.5) is 4.39 Å². The van der Waals surface area contributed by atoms with Gasteiger partial charge < -0.3 is 9.84 Å². The molecule has 0 atom stereocenters. The Bertz CT molecular complexity index is 694. The Kier molecular flexibility index (Phi) is 4.69. The molecule has 2 aromatic carbocycles. The zero-order valence-electron chi connectivity index (χ0n) is 12.7. The topological polar surface area (TPSA) is 49.8 Å². The van der Waals surface area contributed by atoms with Gasteiger partial charge in [-0.1, -0.05) is 24.3 Å². The number of nitrogens with zero attached hydrogens (tertiary/aromatic N) is 1. The lowest BCUT2D eigenvalue weighted by molar-refractivity contribution is 0.0342. The molecule has 1 aliphatic rings. The van der Waals surface area contributed by atoms with Crippen LogP contribution in [0.1, 0.15) is 15.9 Å². The third-order valence-corrected chi connectivity index (χ3v) is 3.99. The molecule has 0 saturated carbocycles. The first kappa shape index (κ1) is 15.6. The van der Waals surface area contributed by atoms with Crippen LogP contribution in [-0.2, 0) is 11.3 Å². The Morgan fingerprint density at radius 3 is 2.48 bits per heavy atom. The van der Waals surface area contributed by atoms with E-state index in [1.165, 1.54) is 18.2 Å². The van der Waals surface area contributed by atoms with Crippen LogP contribution in [0.25, 0.3) is 11.1 Å². The van der Waals surface area contributed by atoms with Crippen molar-refractivity contribution in [1.82, 2.24) is 4.90 Å². The summed E-state index contributed by atoms with van der Waals surface area (Å²) in [7, 11) is 0. The second kappa shape index (κ2) is 6.89. The molecule has 1 aliphatic heterocycles. The number of benzene rings is 2. The van der Waals surface area contributed by atoms with Gasteiger partial charge in [0.2, 0.25) is 0 Å². The van der Waals surface area contributed by atoms with Crippen LogP contribution >= 0.6 is 0 Å². The van der Waals surface area contributed by atoms with E-state index in [0.29, 0.717) is 11.1 Å². The summed E-state index contributed by atoms with van der Waals surface area (Å²) < 4.78 is 19.3. The van der Waals surface area contributed by atoms with Crippen LogP contribution < -0.4 is 0 Å². The summed E-state index contributed by atoms with van der Waals surface area (Å²) in [6, 6.07) is 11.4. The van der Waals surface area contributed by atoms with E-state index in [9.17, 15) is 9.18 Å².